The van der Waals surface area contributed by atoms with E-state index in [1.165, 1.54) is 0 Å². The summed E-state index contributed by atoms with van der Waals surface area (Å²) in [5.74, 6) is -0.260. The van der Waals surface area contributed by atoms with Gasteiger partial charge >= 0.3 is 5.97 Å². The Morgan fingerprint density at radius 2 is 2.13 bits per heavy atom. The van der Waals surface area contributed by atoms with E-state index in [9.17, 15) is 4.79 Å². The van der Waals surface area contributed by atoms with Crippen LogP contribution >= 0.6 is 0 Å². The van der Waals surface area contributed by atoms with Crippen molar-refractivity contribution in [3.63, 3.8) is 0 Å². The molecule has 0 aromatic rings. The predicted octanol–water partition coefficient (Wildman–Crippen LogP) is 2.66. The van der Waals surface area contributed by atoms with Crippen molar-refractivity contribution >= 4 is 5.97 Å². The molecule has 0 saturated carbocycles. The molecule has 1 rings (SSSR count). The number of cyclic esters (lactones) is 1. The zero-order chi connectivity index (χ0) is 11.7. The van der Waals surface area contributed by atoms with Gasteiger partial charge in [0.2, 0.25) is 6.29 Å². The Kier molecular flexibility index (Phi) is 3.24. The molecule has 0 spiro atoms. The quantitative estimate of drug-likeness (QED) is 0.533. The first-order valence-electron chi connectivity index (χ1n) is 5.29. The third-order valence-corrected chi connectivity index (χ3v) is 2.55. The van der Waals surface area contributed by atoms with Crippen molar-refractivity contribution < 1.29 is 14.3 Å². The minimum absolute atomic E-state index is 0.179. The average molecular weight is 212 g/mol. The van der Waals surface area contributed by atoms with Gasteiger partial charge in [0.25, 0.3) is 0 Å². The Balaban J connectivity index is 2.71. The highest BCUT2D eigenvalue weighted by molar-refractivity contribution is 5.80. The Morgan fingerprint density at radius 3 is 2.53 bits per heavy atom. The molecule has 0 bridgehead atoms. The van der Waals surface area contributed by atoms with E-state index in [0.29, 0.717) is 6.42 Å². The highest BCUT2D eigenvalue weighted by atomic mass is 16.8. The molecule has 2 atom stereocenters. The predicted molar refractivity (Wildman–Crippen MR) is 58.3 cm³/mol. The van der Waals surface area contributed by atoms with Gasteiger partial charge in [-0.15, -0.1) is 6.58 Å². The van der Waals surface area contributed by atoms with Crippen LogP contribution in [0.3, 0.4) is 0 Å². The summed E-state index contributed by atoms with van der Waals surface area (Å²) >= 11 is 0. The van der Waals surface area contributed by atoms with Crippen LogP contribution in [0, 0.1) is 5.41 Å². The fourth-order valence-corrected chi connectivity index (χ4v) is 1.42. The van der Waals surface area contributed by atoms with E-state index in [2.05, 4.69) is 6.58 Å². The molecule has 0 N–H and O–H groups in total. The first-order valence-corrected chi connectivity index (χ1v) is 5.29. The molecule has 1 aliphatic heterocycles. The normalized spacial score (nSPS) is 31.5. The molecule has 1 heterocycles. The molecule has 0 aromatic carbocycles. The molecular weight excluding hydrogens is 192 g/mol. The van der Waals surface area contributed by atoms with Crippen molar-refractivity contribution in [1.29, 1.82) is 0 Å². The highest BCUT2D eigenvalue weighted by Gasteiger charge is 2.49. The van der Waals surface area contributed by atoms with Crippen molar-refractivity contribution in [1.82, 2.24) is 0 Å². The highest BCUT2D eigenvalue weighted by Crippen LogP contribution is 2.36. The van der Waals surface area contributed by atoms with E-state index >= 15 is 0 Å². The molecule has 1 aliphatic rings. The summed E-state index contributed by atoms with van der Waals surface area (Å²) in [5.41, 5.74) is -0.978. The number of hydrogen-bond acceptors (Lipinski definition) is 3. The van der Waals surface area contributed by atoms with Crippen LogP contribution in [0.5, 0.6) is 0 Å². The van der Waals surface area contributed by atoms with Gasteiger partial charge in [0.1, 0.15) is 0 Å². The summed E-state index contributed by atoms with van der Waals surface area (Å²) in [6.45, 7) is 11.4. The maximum Gasteiger partial charge on any atom is 0.340 e. The molecule has 0 aliphatic carbocycles. The fraction of sp³-hybridized carbons (Fsp3) is 0.750. The van der Waals surface area contributed by atoms with Gasteiger partial charge in [-0.05, 0) is 19.8 Å². The van der Waals surface area contributed by atoms with Crippen LogP contribution in [0.4, 0.5) is 0 Å². The number of carbonyl (C=O) groups excluding carboxylic acids is 1. The summed E-state index contributed by atoms with van der Waals surface area (Å²) in [5, 5.41) is 0. The van der Waals surface area contributed by atoms with Gasteiger partial charge in [-0.2, -0.15) is 0 Å². The lowest BCUT2D eigenvalue weighted by Crippen LogP contribution is -2.34. The standard InChI is InChI=1S/C12H20O3/c1-6-7-8-12(5)9(13)14-10(15-12)11(2,3)4/h6,10H,1,7-8H2,2-5H3. The van der Waals surface area contributed by atoms with Crippen LogP contribution in [-0.4, -0.2) is 17.9 Å². The zero-order valence-corrected chi connectivity index (χ0v) is 10.0. The van der Waals surface area contributed by atoms with E-state index < -0.39 is 11.9 Å². The smallest absolute Gasteiger partial charge is 0.340 e. The first kappa shape index (κ1) is 12.2. The van der Waals surface area contributed by atoms with Crippen LogP contribution in [0.15, 0.2) is 12.7 Å². The lowest BCUT2D eigenvalue weighted by atomic mass is 9.96. The number of ether oxygens (including phenoxy) is 2. The zero-order valence-electron chi connectivity index (χ0n) is 10.0. The van der Waals surface area contributed by atoms with Gasteiger partial charge in [-0.1, -0.05) is 26.8 Å². The average Bonchev–Trinajstić information content (AvgIpc) is 2.40. The molecule has 0 aromatic heterocycles. The van der Waals surface area contributed by atoms with Gasteiger partial charge in [0.05, 0.1) is 0 Å². The minimum Gasteiger partial charge on any atom is -0.433 e. The minimum atomic E-state index is -0.799. The maximum absolute atomic E-state index is 11.7. The third kappa shape index (κ3) is 2.59. The largest absolute Gasteiger partial charge is 0.433 e. The molecule has 1 saturated heterocycles. The molecule has 0 radical (unpaired) electrons. The molecule has 15 heavy (non-hydrogen) atoms. The van der Waals surface area contributed by atoms with Crippen LogP contribution < -0.4 is 0 Å². The van der Waals surface area contributed by atoms with Gasteiger partial charge in [-0.3, -0.25) is 0 Å². The van der Waals surface area contributed by atoms with Crippen LogP contribution in [-0.2, 0) is 14.3 Å². The van der Waals surface area contributed by atoms with Crippen molar-refractivity contribution in [3.8, 4) is 0 Å². The number of esters is 1. The van der Waals surface area contributed by atoms with Crippen molar-refractivity contribution in [3.05, 3.63) is 12.7 Å². The Bertz CT molecular complexity index is 265. The van der Waals surface area contributed by atoms with E-state index in [4.69, 9.17) is 9.47 Å². The third-order valence-electron chi connectivity index (χ3n) is 2.55. The summed E-state index contributed by atoms with van der Waals surface area (Å²) in [7, 11) is 0. The second kappa shape index (κ2) is 3.97. The van der Waals surface area contributed by atoms with E-state index in [1.54, 1.807) is 13.0 Å². The lowest BCUT2D eigenvalue weighted by molar-refractivity contribution is -0.155. The van der Waals surface area contributed by atoms with Crippen LogP contribution in [0.25, 0.3) is 0 Å². The SMILES string of the molecule is C=CCCC1(C)OC(C(C)(C)C)OC1=O. The monoisotopic (exact) mass is 212 g/mol. The molecule has 3 heteroatoms. The molecule has 2 unspecified atom stereocenters. The molecular formula is C12H20O3. The van der Waals surface area contributed by atoms with Gasteiger partial charge < -0.3 is 9.47 Å². The molecule has 0 amide bonds. The Morgan fingerprint density at radius 1 is 1.53 bits per heavy atom. The van der Waals surface area contributed by atoms with Crippen molar-refractivity contribution in [2.75, 3.05) is 0 Å². The summed E-state index contributed by atoms with van der Waals surface area (Å²) in [6.07, 6.45) is 2.72. The topological polar surface area (TPSA) is 35.5 Å². The van der Waals surface area contributed by atoms with E-state index in [1.807, 2.05) is 20.8 Å². The first-order chi connectivity index (χ1) is 6.79. The van der Waals surface area contributed by atoms with Crippen LogP contribution in [0.1, 0.15) is 40.5 Å². The molecule has 86 valence electrons. The van der Waals surface area contributed by atoms with Gasteiger partial charge in [0.15, 0.2) is 5.60 Å². The number of rotatable bonds is 3. The van der Waals surface area contributed by atoms with Crippen molar-refractivity contribution in [2.24, 2.45) is 5.41 Å². The summed E-state index contributed by atoms with van der Waals surface area (Å²) < 4.78 is 11.0. The molecule has 3 nitrogen and oxygen atoms in total. The Hall–Kier alpha value is -0.830. The fourth-order valence-electron chi connectivity index (χ4n) is 1.42. The van der Waals surface area contributed by atoms with Crippen LogP contribution in [0.2, 0.25) is 0 Å². The second-order valence-electron chi connectivity index (χ2n) is 5.28. The van der Waals surface area contributed by atoms with Crippen molar-refractivity contribution in [2.45, 2.75) is 52.4 Å². The second-order valence-corrected chi connectivity index (χ2v) is 5.28. The summed E-state index contributed by atoms with van der Waals surface area (Å²) in [6, 6.07) is 0. The van der Waals surface area contributed by atoms with Gasteiger partial charge in [-0.25, -0.2) is 4.79 Å². The Labute approximate surface area is 91.4 Å². The number of hydrogen-bond donors (Lipinski definition) is 0. The summed E-state index contributed by atoms with van der Waals surface area (Å²) in [4.78, 5) is 11.7. The number of allylic oxidation sites excluding steroid dienone is 1. The van der Waals surface area contributed by atoms with E-state index in [0.717, 1.165) is 6.42 Å². The number of carbonyl (C=O) groups is 1. The lowest BCUT2D eigenvalue weighted by Gasteiger charge is -2.26. The van der Waals surface area contributed by atoms with E-state index in [-0.39, 0.29) is 11.4 Å². The van der Waals surface area contributed by atoms with Gasteiger partial charge in [0, 0.05) is 5.41 Å². The maximum atomic E-state index is 11.7. The molecule has 1 fully saturated rings.